The summed E-state index contributed by atoms with van der Waals surface area (Å²) in [6.07, 6.45) is 7.95. The van der Waals surface area contributed by atoms with Gasteiger partial charge in [0.1, 0.15) is 0 Å². The normalized spacial score (nSPS) is 35.9. The highest BCUT2D eigenvalue weighted by Gasteiger charge is 2.39. The summed E-state index contributed by atoms with van der Waals surface area (Å²) in [6, 6.07) is 1.57. The first kappa shape index (κ1) is 10.5. The van der Waals surface area contributed by atoms with Crippen LogP contribution in [0, 0.1) is 17.8 Å². The second-order valence-electron chi connectivity index (χ2n) is 6.39. The van der Waals surface area contributed by atoms with Crippen LogP contribution in [-0.4, -0.2) is 8.07 Å². The van der Waals surface area contributed by atoms with Crippen LogP contribution in [0.15, 0.2) is 12.2 Å². The summed E-state index contributed by atoms with van der Waals surface area (Å²) in [5.41, 5.74) is 0.950. The highest BCUT2D eigenvalue weighted by atomic mass is 28.3. The number of hydrogen-bond acceptors (Lipinski definition) is 0. The first-order valence-electron chi connectivity index (χ1n) is 6.17. The summed E-state index contributed by atoms with van der Waals surface area (Å²) in [7, 11) is -0.917. The molecule has 0 aromatic rings. The minimum absolute atomic E-state index is 0.917. The zero-order valence-electron chi connectivity index (χ0n) is 10.1. The van der Waals surface area contributed by atoms with Gasteiger partial charge in [-0.15, -0.1) is 0 Å². The minimum atomic E-state index is -0.917. The number of rotatable bonds is 3. The molecule has 2 rings (SSSR count). The Kier molecular flexibility index (Phi) is 2.63. The number of allylic oxidation sites excluding steroid dienone is 2. The van der Waals surface area contributed by atoms with Crippen molar-refractivity contribution in [2.45, 2.75) is 51.4 Å². The van der Waals surface area contributed by atoms with Crippen molar-refractivity contribution < 1.29 is 0 Å². The lowest BCUT2D eigenvalue weighted by molar-refractivity contribution is 0.484. The molecule has 80 valence electrons. The van der Waals surface area contributed by atoms with E-state index >= 15 is 0 Å². The van der Waals surface area contributed by atoms with Crippen LogP contribution < -0.4 is 0 Å². The summed E-state index contributed by atoms with van der Waals surface area (Å²) in [5.74, 6) is 2.97. The lowest BCUT2D eigenvalue weighted by Crippen LogP contribution is -2.33. The molecule has 0 amide bonds. The van der Waals surface area contributed by atoms with Gasteiger partial charge in [0.2, 0.25) is 0 Å². The van der Waals surface area contributed by atoms with Crippen LogP contribution in [0.5, 0.6) is 0 Å². The molecule has 0 aromatic carbocycles. The first-order valence-corrected chi connectivity index (χ1v) is 9.46. The Morgan fingerprint density at radius 2 is 1.93 bits per heavy atom. The van der Waals surface area contributed by atoms with Crippen LogP contribution in [0.4, 0.5) is 0 Å². The topological polar surface area (TPSA) is 0 Å². The average Bonchev–Trinajstić information content (AvgIpc) is 2.63. The molecule has 2 aliphatic carbocycles. The van der Waals surface area contributed by atoms with Gasteiger partial charge in [0.05, 0.1) is 8.07 Å². The molecule has 0 heterocycles. The fraction of sp³-hybridized carbons (Fsp3) is 0.846. The van der Waals surface area contributed by atoms with Crippen LogP contribution in [0.2, 0.25) is 24.7 Å². The fourth-order valence-electron chi connectivity index (χ4n) is 3.04. The van der Waals surface area contributed by atoms with E-state index in [1.54, 1.807) is 6.04 Å². The van der Waals surface area contributed by atoms with Gasteiger partial charge in [-0.1, -0.05) is 50.7 Å². The van der Waals surface area contributed by atoms with Gasteiger partial charge < -0.3 is 0 Å². The Morgan fingerprint density at radius 3 is 2.36 bits per heavy atom. The minimum Gasteiger partial charge on any atom is -0.0851 e. The Bertz CT molecular complexity index is 240. The summed E-state index contributed by atoms with van der Waals surface area (Å²) in [5, 5.41) is 0. The van der Waals surface area contributed by atoms with E-state index in [-0.39, 0.29) is 0 Å². The molecule has 2 bridgehead atoms. The van der Waals surface area contributed by atoms with Crippen molar-refractivity contribution in [3.05, 3.63) is 12.2 Å². The van der Waals surface area contributed by atoms with E-state index in [0.29, 0.717) is 0 Å². The Morgan fingerprint density at radius 1 is 1.21 bits per heavy atom. The van der Waals surface area contributed by atoms with Crippen LogP contribution in [0.25, 0.3) is 0 Å². The highest BCUT2D eigenvalue weighted by Crippen LogP contribution is 2.47. The maximum absolute atomic E-state index is 2.58. The van der Waals surface area contributed by atoms with Crippen molar-refractivity contribution in [2.75, 3.05) is 0 Å². The largest absolute Gasteiger partial charge is 0.0851 e. The third-order valence-corrected chi connectivity index (χ3v) is 9.47. The molecular formula is C13H24Si. The van der Waals surface area contributed by atoms with Crippen LogP contribution >= 0.6 is 0 Å². The van der Waals surface area contributed by atoms with Gasteiger partial charge in [0.15, 0.2) is 0 Å². The molecule has 0 N–H and O–H groups in total. The van der Waals surface area contributed by atoms with Crippen molar-refractivity contribution in [2.24, 2.45) is 17.8 Å². The van der Waals surface area contributed by atoms with Crippen molar-refractivity contribution in [3.8, 4) is 0 Å². The second kappa shape index (κ2) is 3.51. The maximum atomic E-state index is 2.58. The molecule has 14 heavy (non-hydrogen) atoms. The monoisotopic (exact) mass is 208 g/mol. The third kappa shape index (κ3) is 1.84. The summed E-state index contributed by atoms with van der Waals surface area (Å²) in [6.45, 7) is 10.0. The maximum Gasteiger partial charge on any atom is 0.0502 e. The number of fused-ring (bicyclic) bond motifs is 2. The van der Waals surface area contributed by atoms with Crippen LogP contribution in [-0.2, 0) is 0 Å². The Hall–Kier alpha value is -0.0431. The van der Waals surface area contributed by atoms with E-state index in [2.05, 4.69) is 39.1 Å². The van der Waals surface area contributed by atoms with E-state index in [4.69, 9.17) is 0 Å². The van der Waals surface area contributed by atoms with Gasteiger partial charge in [0, 0.05) is 0 Å². The van der Waals surface area contributed by atoms with Gasteiger partial charge in [-0.2, -0.15) is 0 Å². The summed E-state index contributed by atoms with van der Waals surface area (Å²) >= 11 is 0. The molecule has 0 nitrogen and oxygen atoms in total. The predicted molar refractivity (Wildman–Crippen MR) is 66.2 cm³/mol. The van der Waals surface area contributed by atoms with E-state index in [9.17, 15) is 0 Å². The Labute approximate surface area is 89.8 Å². The van der Waals surface area contributed by atoms with E-state index in [0.717, 1.165) is 23.3 Å². The molecular weight excluding hydrogens is 184 g/mol. The SMILES string of the molecule is CC(C)[Si](C)(C)CC1CC2C=CC1C2. The van der Waals surface area contributed by atoms with Gasteiger partial charge in [-0.25, -0.2) is 0 Å². The number of hydrogen-bond donors (Lipinski definition) is 0. The zero-order valence-corrected chi connectivity index (χ0v) is 11.1. The molecule has 1 fully saturated rings. The van der Waals surface area contributed by atoms with E-state index in [1.165, 1.54) is 12.8 Å². The van der Waals surface area contributed by atoms with Gasteiger partial charge in [-0.3, -0.25) is 0 Å². The van der Waals surface area contributed by atoms with E-state index < -0.39 is 8.07 Å². The molecule has 0 radical (unpaired) electrons. The zero-order chi connectivity index (χ0) is 10.3. The summed E-state index contributed by atoms with van der Waals surface area (Å²) in [4.78, 5) is 0. The molecule has 0 aliphatic heterocycles. The Balaban J connectivity index is 1.96. The van der Waals surface area contributed by atoms with Crippen molar-refractivity contribution in [3.63, 3.8) is 0 Å². The molecule has 0 aromatic heterocycles. The smallest absolute Gasteiger partial charge is 0.0502 e. The van der Waals surface area contributed by atoms with Gasteiger partial charge in [0.25, 0.3) is 0 Å². The molecule has 1 heteroatoms. The highest BCUT2D eigenvalue weighted by molar-refractivity contribution is 6.78. The quantitative estimate of drug-likeness (QED) is 0.479. The molecule has 0 spiro atoms. The van der Waals surface area contributed by atoms with Gasteiger partial charge >= 0.3 is 0 Å². The van der Waals surface area contributed by atoms with Crippen molar-refractivity contribution >= 4 is 8.07 Å². The summed E-state index contributed by atoms with van der Waals surface area (Å²) < 4.78 is 0. The first-order chi connectivity index (χ1) is 6.49. The van der Waals surface area contributed by atoms with Crippen molar-refractivity contribution in [1.29, 1.82) is 0 Å². The molecule has 2 aliphatic rings. The van der Waals surface area contributed by atoms with E-state index in [1.807, 2.05) is 0 Å². The second-order valence-corrected chi connectivity index (χ2v) is 11.9. The fourth-order valence-corrected chi connectivity index (χ4v) is 5.33. The molecule has 0 saturated heterocycles. The predicted octanol–water partition coefficient (Wildman–Crippen LogP) is 4.32. The lowest BCUT2D eigenvalue weighted by atomic mass is 9.96. The molecule has 1 saturated carbocycles. The van der Waals surface area contributed by atoms with Crippen LogP contribution in [0.1, 0.15) is 26.7 Å². The lowest BCUT2D eigenvalue weighted by Gasteiger charge is -2.32. The third-order valence-electron chi connectivity index (χ3n) is 4.77. The van der Waals surface area contributed by atoms with Crippen molar-refractivity contribution in [1.82, 2.24) is 0 Å². The van der Waals surface area contributed by atoms with Crippen LogP contribution in [0.3, 0.4) is 0 Å². The molecule has 3 unspecified atom stereocenters. The standard InChI is InChI=1S/C13H24Si/c1-10(2)14(3,4)9-13-8-11-5-6-12(13)7-11/h5-6,10-13H,7-9H2,1-4H3. The molecule has 3 atom stereocenters. The average molecular weight is 208 g/mol. The van der Waals surface area contributed by atoms with Gasteiger partial charge in [-0.05, 0) is 30.6 Å².